The molecule has 2 aromatic rings. The quantitative estimate of drug-likeness (QED) is 0.895. The lowest BCUT2D eigenvalue weighted by atomic mass is 9.88. The van der Waals surface area contributed by atoms with Gasteiger partial charge in [-0.15, -0.1) is 0 Å². The molecule has 26 heavy (non-hydrogen) atoms. The lowest BCUT2D eigenvalue weighted by molar-refractivity contribution is 0.0596. The second kappa shape index (κ2) is 7.03. The Morgan fingerprint density at radius 2 is 2.00 bits per heavy atom. The fourth-order valence-corrected chi connectivity index (χ4v) is 3.76. The molecule has 2 atom stereocenters. The molecule has 1 unspecified atom stereocenters. The van der Waals surface area contributed by atoms with Crippen LogP contribution in [0, 0.1) is 11.6 Å². The number of carbonyl (C=O) groups excluding carboxylic acids is 1. The molecule has 4 nitrogen and oxygen atoms in total. The van der Waals surface area contributed by atoms with Crippen molar-refractivity contribution in [3.8, 4) is 0 Å². The Labute approximate surface area is 150 Å². The Bertz CT molecular complexity index is 821. The van der Waals surface area contributed by atoms with Crippen LogP contribution in [0.3, 0.4) is 0 Å². The van der Waals surface area contributed by atoms with Crippen molar-refractivity contribution in [2.45, 2.75) is 25.0 Å². The van der Waals surface area contributed by atoms with Gasteiger partial charge in [0.05, 0.1) is 6.04 Å². The summed E-state index contributed by atoms with van der Waals surface area (Å²) in [7, 11) is 0. The van der Waals surface area contributed by atoms with E-state index in [2.05, 4.69) is 5.32 Å². The van der Waals surface area contributed by atoms with E-state index in [4.69, 9.17) is 4.74 Å². The van der Waals surface area contributed by atoms with Crippen molar-refractivity contribution in [2.24, 2.45) is 0 Å². The molecule has 4 rings (SSSR count). The minimum atomic E-state index is -0.660. The second-order valence-corrected chi connectivity index (χ2v) is 6.71. The highest BCUT2D eigenvalue weighted by Gasteiger charge is 2.35. The van der Waals surface area contributed by atoms with Gasteiger partial charge in [0.2, 0.25) is 0 Å². The number of rotatable bonds is 2. The van der Waals surface area contributed by atoms with Crippen LogP contribution in [0.1, 0.15) is 29.2 Å². The van der Waals surface area contributed by atoms with E-state index in [1.807, 2.05) is 24.3 Å². The maximum Gasteiger partial charge on any atom is 0.410 e. The average Bonchev–Trinajstić information content (AvgIpc) is 3.14. The first-order valence-corrected chi connectivity index (χ1v) is 8.84. The predicted molar refractivity (Wildman–Crippen MR) is 92.8 cm³/mol. The highest BCUT2D eigenvalue weighted by atomic mass is 19.1. The zero-order valence-corrected chi connectivity index (χ0v) is 14.3. The molecule has 136 valence electrons. The molecule has 1 fully saturated rings. The van der Waals surface area contributed by atoms with E-state index in [-0.39, 0.29) is 11.7 Å². The van der Waals surface area contributed by atoms with Gasteiger partial charge in [-0.25, -0.2) is 13.6 Å². The van der Waals surface area contributed by atoms with Gasteiger partial charge in [0.15, 0.2) is 0 Å². The highest BCUT2D eigenvalue weighted by Crippen LogP contribution is 2.37. The molecular weight excluding hydrogens is 338 g/mol. The Morgan fingerprint density at radius 3 is 2.77 bits per heavy atom. The third kappa shape index (κ3) is 3.17. The van der Waals surface area contributed by atoms with Gasteiger partial charge in [0.25, 0.3) is 0 Å². The zero-order chi connectivity index (χ0) is 18.1. The Kier molecular flexibility index (Phi) is 4.59. The first-order chi connectivity index (χ1) is 12.6. The van der Waals surface area contributed by atoms with E-state index in [0.29, 0.717) is 19.5 Å². The number of fused-ring (bicyclic) bond motifs is 1. The summed E-state index contributed by atoms with van der Waals surface area (Å²) in [6.07, 6.45) is 0.819. The van der Waals surface area contributed by atoms with Gasteiger partial charge < -0.3 is 10.1 Å². The number of nitrogens with zero attached hydrogens (tertiary/aromatic N) is 1. The smallest absolute Gasteiger partial charge is 0.410 e. The van der Waals surface area contributed by atoms with E-state index in [9.17, 15) is 13.6 Å². The van der Waals surface area contributed by atoms with Gasteiger partial charge in [0.1, 0.15) is 17.7 Å². The van der Waals surface area contributed by atoms with Gasteiger partial charge in [-0.1, -0.05) is 30.3 Å². The van der Waals surface area contributed by atoms with Crippen molar-refractivity contribution in [3.05, 3.63) is 70.8 Å². The van der Waals surface area contributed by atoms with Crippen LogP contribution in [0.2, 0.25) is 0 Å². The second-order valence-electron chi connectivity index (χ2n) is 6.71. The van der Waals surface area contributed by atoms with Crippen LogP contribution in [-0.4, -0.2) is 36.7 Å². The Morgan fingerprint density at radius 1 is 1.15 bits per heavy atom. The molecule has 1 N–H and O–H groups in total. The molecule has 2 heterocycles. The highest BCUT2D eigenvalue weighted by molar-refractivity contribution is 5.70. The van der Waals surface area contributed by atoms with E-state index < -0.39 is 23.8 Å². The van der Waals surface area contributed by atoms with E-state index in [1.54, 1.807) is 4.90 Å². The normalized spacial score (nSPS) is 22.2. The van der Waals surface area contributed by atoms with Gasteiger partial charge in [0, 0.05) is 24.7 Å². The molecule has 0 radical (unpaired) electrons. The van der Waals surface area contributed by atoms with Crippen LogP contribution in [0.15, 0.2) is 42.5 Å². The maximum absolute atomic E-state index is 14.5. The van der Waals surface area contributed by atoms with Crippen LogP contribution >= 0.6 is 0 Å². The third-order valence-corrected chi connectivity index (χ3v) is 5.06. The summed E-state index contributed by atoms with van der Waals surface area (Å²) in [5.74, 6) is -1.30. The van der Waals surface area contributed by atoms with Crippen LogP contribution in [0.25, 0.3) is 0 Å². The van der Waals surface area contributed by atoms with Crippen molar-refractivity contribution in [2.75, 3.05) is 19.6 Å². The monoisotopic (exact) mass is 358 g/mol. The molecule has 0 aromatic heterocycles. The number of halogens is 2. The number of hydrogen-bond acceptors (Lipinski definition) is 3. The van der Waals surface area contributed by atoms with E-state index in [1.165, 1.54) is 12.1 Å². The Hall–Kier alpha value is -2.47. The SMILES string of the molecule is O=C(O[C@@H]1CCNC1)N1CCc2ccccc2C1c1ccc(F)cc1F. The molecule has 0 bridgehead atoms. The topological polar surface area (TPSA) is 41.6 Å². The van der Waals surface area contributed by atoms with Crippen molar-refractivity contribution in [1.29, 1.82) is 0 Å². The number of ether oxygens (including phenoxy) is 1. The van der Waals surface area contributed by atoms with Crippen molar-refractivity contribution < 1.29 is 18.3 Å². The third-order valence-electron chi connectivity index (χ3n) is 5.06. The largest absolute Gasteiger partial charge is 0.445 e. The lowest BCUT2D eigenvalue weighted by Gasteiger charge is -2.37. The molecule has 2 aliphatic rings. The van der Waals surface area contributed by atoms with Crippen LogP contribution < -0.4 is 5.32 Å². The van der Waals surface area contributed by atoms with E-state index >= 15 is 0 Å². The van der Waals surface area contributed by atoms with Gasteiger partial charge in [-0.2, -0.15) is 0 Å². The van der Waals surface area contributed by atoms with Gasteiger partial charge in [-0.05, 0) is 36.6 Å². The average molecular weight is 358 g/mol. The van der Waals surface area contributed by atoms with Gasteiger partial charge >= 0.3 is 6.09 Å². The molecule has 0 saturated carbocycles. The molecule has 2 aromatic carbocycles. The van der Waals surface area contributed by atoms with Crippen LogP contribution in [0.4, 0.5) is 13.6 Å². The molecule has 1 amide bonds. The molecule has 2 aliphatic heterocycles. The number of amides is 1. The standard InChI is InChI=1S/C20H20F2N2O2/c21-14-5-6-17(18(22)11-14)19-16-4-2-1-3-13(16)8-10-24(19)20(25)26-15-7-9-23-12-15/h1-6,11,15,19,23H,7-10,12H2/t15-,19?/m1/s1. The number of benzene rings is 2. The zero-order valence-electron chi connectivity index (χ0n) is 14.3. The summed E-state index contributed by atoms with van der Waals surface area (Å²) in [5.41, 5.74) is 2.19. The predicted octanol–water partition coefficient (Wildman–Crippen LogP) is 3.41. The fourth-order valence-electron chi connectivity index (χ4n) is 3.76. The van der Waals surface area contributed by atoms with E-state index in [0.717, 1.165) is 30.2 Å². The minimum absolute atomic E-state index is 0.168. The molecule has 0 aliphatic carbocycles. The number of nitrogens with one attached hydrogen (secondary N) is 1. The molecule has 0 spiro atoms. The lowest BCUT2D eigenvalue weighted by Crippen LogP contribution is -2.42. The van der Waals surface area contributed by atoms with Crippen molar-refractivity contribution in [1.82, 2.24) is 10.2 Å². The summed E-state index contributed by atoms with van der Waals surface area (Å²) in [4.78, 5) is 14.4. The molecular formula is C20H20F2N2O2. The summed E-state index contributed by atoms with van der Waals surface area (Å²) < 4.78 is 33.5. The Balaban J connectivity index is 1.71. The molecule has 1 saturated heterocycles. The molecule has 6 heteroatoms. The number of carbonyl (C=O) groups is 1. The van der Waals surface area contributed by atoms with Crippen LogP contribution in [0.5, 0.6) is 0 Å². The maximum atomic E-state index is 14.5. The van der Waals surface area contributed by atoms with Crippen molar-refractivity contribution in [3.63, 3.8) is 0 Å². The first kappa shape index (κ1) is 17.0. The summed E-state index contributed by atoms with van der Waals surface area (Å²) in [5, 5.41) is 3.16. The summed E-state index contributed by atoms with van der Waals surface area (Å²) in [6.45, 7) is 1.88. The first-order valence-electron chi connectivity index (χ1n) is 8.84. The minimum Gasteiger partial charge on any atom is -0.445 e. The fraction of sp³-hybridized carbons (Fsp3) is 0.350. The van der Waals surface area contributed by atoms with Crippen LogP contribution in [-0.2, 0) is 11.2 Å². The van der Waals surface area contributed by atoms with Crippen molar-refractivity contribution >= 4 is 6.09 Å². The summed E-state index contributed by atoms with van der Waals surface area (Å²) in [6, 6.07) is 10.5. The van der Waals surface area contributed by atoms with Gasteiger partial charge in [-0.3, -0.25) is 4.90 Å². The summed E-state index contributed by atoms with van der Waals surface area (Å²) >= 11 is 0. The number of hydrogen-bond donors (Lipinski definition) is 1.